The molecule has 5 nitrogen and oxygen atoms in total. The number of nitrogens with one attached hydrogen (secondary N) is 1. The van der Waals surface area contributed by atoms with Gasteiger partial charge in [-0.05, 0) is 73.5 Å². The third-order valence-corrected chi connectivity index (χ3v) is 8.73. The maximum atomic E-state index is 13.4. The lowest BCUT2D eigenvalue weighted by atomic mass is 9.44. The number of hydrogen-bond acceptors (Lipinski definition) is 4. The van der Waals surface area contributed by atoms with Crippen LogP contribution in [0.5, 0.6) is 5.75 Å². The van der Waals surface area contributed by atoms with Crippen molar-refractivity contribution in [2.75, 3.05) is 7.11 Å². The van der Waals surface area contributed by atoms with E-state index in [9.17, 15) is 9.59 Å². The van der Waals surface area contributed by atoms with Crippen molar-refractivity contribution in [1.82, 2.24) is 5.32 Å². The molecule has 1 amide bonds. The molecule has 0 saturated heterocycles. The van der Waals surface area contributed by atoms with Crippen LogP contribution >= 0.6 is 11.3 Å². The molecule has 3 saturated carbocycles. The fourth-order valence-electron chi connectivity index (χ4n) is 5.67. The second kappa shape index (κ2) is 9.26. The van der Waals surface area contributed by atoms with E-state index in [0.717, 1.165) is 46.6 Å². The average molecular weight is 456 g/mol. The molecular weight excluding hydrogens is 422 g/mol. The first-order chi connectivity index (χ1) is 15.3. The molecule has 1 heterocycles. The van der Waals surface area contributed by atoms with Crippen molar-refractivity contribution in [2.45, 2.75) is 58.4 Å². The normalized spacial score (nSPS) is 26.1. The van der Waals surface area contributed by atoms with Crippen molar-refractivity contribution in [3.05, 3.63) is 41.3 Å². The zero-order valence-corrected chi connectivity index (χ0v) is 19.9. The van der Waals surface area contributed by atoms with Gasteiger partial charge in [0.05, 0.1) is 12.7 Å². The minimum absolute atomic E-state index is 0.00564. The average Bonchev–Trinajstić information content (AvgIpc) is 3.19. The van der Waals surface area contributed by atoms with E-state index in [-0.39, 0.29) is 23.8 Å². The molecule has 1 aromatic heterocycles. The maximum absolute atomic E-state index is 13.4. The summed E-state index contributed by atoms with van der Waals surface area (Å²) in [6.07, 6.45) is 9.21. The topological polar surface area (TPSA) is 75.6 Å². The summed E-state index contributed by atoms with van der Waals surface area (Å²) >= 11 is 1.59. The summed E-state index contributed by atoms with van der Waals surface area (Å²) in [5.74, 6) is 1.66. The summed E-state index contributed by atoms with van der Waals surface area (Å²) in [6, 6.07) is 6.04. The molecule has 3 aliphatic rings. The van der Waals surface area contributed by atoms with Crippen LogP contribution in [0.25, 0.3) is 10.1 Å². The van der Waals surface area contributed by atoms with Gasteiger partial charge in [-0.3, -0.25) is 9.59 Å². The first-order valence-electron chi connectivity index (χ1n) is 11.5. The van der Waals surface area contributed by atoms with Crippen LogP contribution in [0.4, 0.5) is 0 Å². The number of ether oxygens (including phenoxy) is 1. The number of carboxylic acids is 1. The Bertz CT molecular complexity index is 1020. The summed E-state index contributed by atoms with van der Waals surface area (Å²) < 4.78 is 6.45. The highest BCUT2D eigenvalue weighted by Gasteiger charge is 2.57. The molecule has 2 aromatic rings. The monoisotopic (exact) mass is 455 g/mol. The van der Waals surface area contributed by atoms with E-state index in [0.29, 0.717) is 18.3 Å². The van der Waals surface area contributed by atoms with Crippen molar-refractivity contribution >= 4 is 33.3 Å². The largest absolute Gasteiger partial charge is 0.497 e. The number of rotatable bonds is 9. The predicted molar refractivity (Wildman–Crippen MR) is 128 cm³/mol. The van der Waals surface area contributed by atoms with E-state index in [2.05, 4.69) is 31.3 Å². The third-order valence-electron chi connectivity index (χ3n) is 7.76. The lowest BCUT2D eigenvalue weighted by molar-refractivity contribution is -0.137. The summed E-state index contributed by atoms with van der Waals surface area (Å²) in [5, 5.41) is 15.1. The fraction of sp³-hybridized carbons (Fsp3) is 0.538. The highest BCUT2D eigenvalue weighted by Crippen LogP contribution is 2.61. The Labute approximate surface area is 193 Å². The Kier molecular flexibility index (Phi) is 6.61. The van der Waals surface area contributed by atoms with Gasteiger partial charge >= 0.3 is 5.97 Å². The fourth-order valence-corrected chi connectivity index (χ4v) is 6.59. The highest BCUT2D eigenvalue weighted by atomic mass is 32.1. The first kappa shape index (κ1) is 22.8. The number of thiophene rings is 1. The predicted octanol–water partition coefficient (Wildman–Crippen LogP) is 5.89. The Hall–Kier alpha value is -2.34. The standard InChI is InChI=1S/C26H33NO4S/c1-26(2)17-12-16(8-6-4-5-7-9-23(28)29)24(21(26)13-17)27-25(30)20-15-32-22-11-10-18(31-3)14-19(20)22/h4,6,10-11,14-17,21,24H,5,7-9,12-13H2,1-3H3,(H,27,30)(H,28,29)/b6-4-/t16-,17+,21+,24+/m0/s1. The number of amides is 1. The van der Waals surface area contributed by atoms with Crippen LogP contribution in [0.15, 0.2) is 35.7 Å². The van der Waals surface area contributed by atoms with Gasteiger partial charge in [0, 0.05) is 27.9 Å². The zero-order chi connectivity index (χ0) is 22.9. The first-order valence-corrected chi connectivity index (χ1v) is 12.4. The van der Waals surface area contributed by atoms with Gasteiger partial charge in [0.15, 0.2) is 0 Å². The van der Waals surface area contributed by atoms with Crippen LogP contribution in [-0.2, 0) is 4.79 Å². The Morgan fingerprint density at radius 2 is 2.09 bits per heavy atom. The lowest BCUT2D eigenvalue weighted by Gasteiger charge is -2.62. The van der Waals surface area contributed by atoms with Crippen LogP contribution in [0.2, 0.25) is 0 Å². The zero-order valence-electron chi connectivity index (χ0n) is 19.1. The smallest absolute Gasteiger partial charge is 0.303 e. The lowest BCUT2D eigenvalue weighted by Crippen LogP contribution is -2.63. The van der Waals surface area contributed by atoms with Crippen LogP contribution in [0, 0.1) is 23.2 Å². The van der Waals surface area contributed by atoms with Crippen LogP contribution in [0.3, 0.4) is 0 Å². The molecule has 0 spiro atoms. The summed E-state index contributed by atoms with van der Waals surface area (Å²) in [7, 11) is 1.64. The quantitative estimate of drug-likeness (QED) is 0.365. The van der Waals surface area contributed by atoms with E-state index in [4.69, 9.17) is 9.84 Å². The molecule has 2 bridgehead atoms. The maximum Gasteiger partial charge on any atom is 0.303 e. The van der Waals surface area contributed by atoms with Gasteiger partial charge in [-0.2, -0.15) is 0 Å². The summed E-state index contributed by atoms with van der Waals surface area (Å²) in [5.41, 5.74) is 0.991. The molecule has 0 radical (unpaired) electrons. The molecule has 2 N–H and O–H groups in total. The summed E-state index contributed by atoms with van der Waals surface area (Å²) in [4.78, 5) is 24.0. The van der Waals surface area contributed by atoms with Crippen molar-refractivity contribution in [2.24, 2.45) is 23.2 Å². The molecule has 5 rings (SSSR count). The molecule has 32 heavy (non-hydrogen) atoms. The second-order valence-corrected chi connectivity index (χ2v) is 10.8. The molecule has 0 unspecified atom stereocenters. The van der Waals surface area contributed by atoms with E-state index >= 15 is 0 Å². The number of unbranched alkanes of at least 4 members (excludes halogenated alkanes) is 1. The Morgan fingerprint density at radius 3 is 2.81 bits per heavy atom. The third kappa shape index (κ3) is 4.42. The minimum Gasteiger partial charge on any atom is -0.497 e. The number of methoxy groups -OCH3 is 1. The molecule has 3 fully saturated rings. The number of aliphatic carboxylic acids is 1. The van der Waals surface area contributed by atoms with Gasteiger partial charge in [0.1, 0.15) is 5.75 Å². The molecule has 6 heteroatoms. The second-order valence-electron chi connectivity index (χ2n) is 9.86. The van der Waals surface area contributed by atoms with Gasteiger partial charge in [-0.1, -0.05) is 26.0 Å². The number of hydrogen-bond donors (Lipinski definition) is 2. The van der Waals surface area contributed by atoms with Gasteiger partial charge in [-0.15, -0.1) is 11.3 Å². The number of carboxylic acid groups (broad SMARTS) is 1. The number of allylic oxidation sites excluding steroid dienone is 2. The number of carbonyl (C=O) groups is 2. The number of fused-ring (bicyclic) bond motifs is 3. The van der Waals surface area contributed by atoms with Crippen LogP contribution in [-0.4, -0.2) is 30.1 Å². The molecule has 1 aromatic carbocycles. The van der Waals surface area contributed by atoms with E-state index in [1.165, 1.54) is 6.42 Å². The molecule has 4 atom stereocenters. The number of carbonyl (C=O) groups excluding carboxylic acids is 1. The van der Waals surface area contributed by atoms with E-state index < -0.39 is 5.97 Å². The van der Waals surface area contributed by atoms with Gasteiger partial charge < -0.3 is 15.2 Å². The van der Waals surface area contributed by atoms with E-state index in [1.807, 2.05) is 23.6 Å². The van der Waals surface area contributed by atoms with Crippen LogP contribution in [0.1, 0.15) is 62.7 Å². The highest BCUT2D eigenvalue weighted by molar-refractivity contribution is 7.17. The molecule has 3 aliphatic carbocycles. The Balaban J connectivity index is 1.47. The van der Waals surface area contributed by atoms with Gasteiger partial charge in [0.25, 0.3) is 5.91 Å². The van der Waals surface area contributed by atoms with Gasteiger partial charge in [0.2, 0.25) is 0 Å². The SMILES string of the molecule is COc1ccc2scc(C(=O)N[C@@H]3[C@@H](C/C=C\CCCC(=O)O)C[C@@H]4C[C@H]3C4(C)C)c2c1. The number of benzene rings is 1. The van der Waals surface area contributed by atoms with Crippen LogP contribution < -0.4 is 10.1 Å². The molecular formula is C26H33NO4S. The molecule has 172 valence electrons. The minimum atomic E-state index is -0.741. The van der Waals surface area contributed by atoms with Crippen molar-refractivity contribution in [3.8, 4) is 5.75 Å². The molecule has 0 aliphatic heterocycles. The Morgan fingerprint density at radius 1 is 1.28 bits per heavy atom. The van der Waals surface area contributed by atoms with Crippen molar-refractivity contribution < 1.29 is 19.4 Å². The van der Waals surface area contributed by atoms with Crippen molar-refractivity contribution in [3.63, 3.8) is 0 Å². The summed E-state index contributed by atoms with van der Waals surface area (Å²) in [6.45, 7) is 4.68. The van der Waals surface area contributed by atoms with Gasteiger partial charge in [-0.25, -0.2) is 0 Å². The van der Waals surface area contributed by atoms with E-state index in [1.54, 1.807) is 18.4 Å². The van der Waals surface area contributed by atoms with Crippen molar-refractivity contribution in [1.29, 1.82) is 0 Å².